The van der Waals surface area contributed by atoms with Gasteiger partial charge in [0.25, 0.3) is 5.56 Å². The molecule has 4 aromatic rings. The molecule has 0 aliphatic carbocycles. The lowest BCUT2D eigenvalue weighted by atomic mass is 10.1. The van der Waals surface area contributed by atoms with Crippen molar-refractivity contribution in [2.24, 2.45) is 0 Å². The van der Waals surface area contributed by atoms with E-state index in [0.29, 0.717) is 36.4 Å². The van der Waals surface area contributed by atoms with E-state index in [0.717, 1.165) is 11.1 Å². The van der Waals surface area contributed by atoms with Gasteiger partial charge in [0.05, 0.1) is 5.39 Å². The zero-order chi connectivity index (χ0) is 19.7. The molecule has 0 unspecified atom stereocenters. The molecule has 0 atom stereocenters. The van der Waals surface area contributed by atoms with Crippen LogP contribution in [0.2, 0.25) is 0 Å². The molecule has 0 saturated heterocycles. The first-order chi connectivity index (χ1) is 13.6. The van der Waals surface area contributed by atoms with Gasteiger partial charge in [-0.15, -0.1) is 0 Å². The van der Waals surface area contributed by atoms with Crippen molar-refractivity contribution in [2.75, 3.05) is 13.7 Å². The van der Waals surface area contributed by atoms with Gasteiger partial charge in [-0.25, -0.2) is 0 Å². The number of hydrogen-bond donors (Lipinski definition) is 0. The number of methoxy groups -OCH3 is 1. The van der Waals surface area contributed by atoms with Crippen LogP contribution in [0.25, 0.3) is 33.5 Å². The Bertz CT molecular complexity index is 1270. The third-order valence-corrected chi connectivity index (χ3v) is 4.74. The minimum atomic E-state index is -0.392. The molecule has 6 nitrogen and oxygen atoms in total. The van der Waals surface area contributed by atoms with Crippen LogP contribution in [0.15, 0.2) is 62.5 Å². The van der Waals surface area contributed by atoms with E-state index in [4.69, 9.17) is 9.15 Å². The van der Waals surface area contributed by atoms with E-state index in [-0.39, 0.29) is 16.5 Å². The Hall–Kier alpha value is -3.25. The highest BCUT2D eigenvalue weighted by Gasteiger charge is 2.18. The van der Waals surface area contributed by atoms with Crippen molar-refractivity contribution in [3.8, 4) is 11.4 Å². The molecular formula is C22H20N2O4. The van der Waals surface area contributed by atoms with Crippen molar-refractivity contribution in [1.82, 2.24) is 9.55 Å². The van der Waals surface area contributed by atoms with Crippen LogP contribution >= 0.6 is 0 Å². The van der Waals surface area contributed by atoms with Crippen molar-refractivity contribution in [1.29, 1.82) is 0 Å². The minimum Gasteiger partial charge on any atom is -0.437 e. The summed E-state index contributed by atoms with van der Waals surface area (Å²) in [5.74, 6) is 0.479. The first-order valence-corrected chi connectivity index (χ1v) is 9.12. The second-order valence-corrected chi connectivity index (χ2v) is 6.71. The Labute approximate surface area is 161 Å². The summed E-state index contributed by atoms with van der Waals surface area (Å²) in [4.78, 5) is 30.8. The number of ether oxygens (including phenoxy) is 1. The Kier molecular flexibility index (Phi) is 4.79. The summed E-state index contributed by atoms with van der Waals surface area (Å²) >= 11 is 0. The highest BCUT2D eigenvalue weighted by molar-refractivity contribution is 5.88. The highest BCUT2D eigenvalue weighted by Crippen LogP contribution is 2.21. The van der Waals surface area contributed by atoms with Crippen LogP contribution in [0.4, 0.5) is 0 Å². The lowest BCUT2D eigenvalue weighted by Gasteiger charge is -2.13. The number of aromatic nitrogens is 2. The van der Waals surface area contributed by atoms with Crippen molar-refractivity contribution in [2.45, 2.75) is 19.9 Å². The van der Waals surface area contributed by atoms with E-state index >= 15 is 0 Å². The number of benzene rings is 2. The van der Waals surface area contributed by atoms with E-state index in [1.54, 1.807) is 31.4 Å². The number of nitrogens with zero attached hydrogens (tertiary/aromatic N) is 2. The van der Waals surface area contributed by atoms with Gasteiger partial charge in [0.2, 0.25) is 11.1 Å². The van der Waals surface area contributed by atoms with Crippen LogP contribution in [0.5, 0.6) is 0 Å². The maximum absolute atomic E-state index is 13.3. The zero-order valence-electron chi connectivity index (χ0n) is 15.8. The zero-order valence-corrected chi connectivity index (χ0v) is 15.8. The van der Waals surface area contributed by atoms with Crippen molar-refractivity contribution in [3.05, 3.63) is 74.7 Å². The largest absolute Gasteiger partial charge is 0.437 e. The fraction of sp³-hybridized carbons (Fsp3) is 0.227. The Morgan fingerprint density at radius 2 is 1.82 bits per heavy atom. The lowest BCUT2D eigenvalue weighted by Crippen LogP contribution is -2.28. The normalized spacial score (nSPS) is 11.4. The maximum Gasteiger partial charge on any atom is 0.269 e. The summed E-state index contributed by atoms with van der Waals surface area (Å²) in [6.45, 7) is 2.89. The molecule has 4 rings (SSSR count). The van der Waals surface area contributed by atoms with Gasteiger partial charge in [-0.1, -0.05) is 42.0 Å². The van der Waals surface area contributed by atoms with Gasteiger partial charge in [0.15, 0.2) is 5.39 Å². The van der Waals surface area contributed by atoms with Gasteiger partial charge in [0.1, 0.15) is 11.4 Å². The average molecular weight is 376 g/mol. The van der Waals surface area contributed by atoms with Gasteiger partial charge in [-0.2, -0.15) is 4.98 Å². The first kappa shape index (κ1) is 18.1. The van der Waals surface area contributed by atoms with Crippen LogP contribution in [-0.2, 0) is 11.3 Å². The molecule has 6 heteroatoms. The molecule has 142 valence electrons. The molecule has 0 radical (unpaired) electrons. The number of fused-ring (bicyclic) bond motifs is 2. The van der Waals surface area contributed by atoms with Crippen molar-refractivity contribution < 1.29 is 9.15 Å². The molecule has 0 aliphatic rings. The van der Waals surface area contributed by atoms with Crippen LogP contribution in [-0.4, -0.2) is 23.3 Å². The Morgan fingerprint density at radius 3 is 2.57 bits per heavy atom. The molecule has 2 aromatic heterocycles. The van der Waals surface area contributed by atoms with E-state index in [2.05, 4.69) is 4.98 Å². The molecule has 0 bridgehead atoms. The van der Waals surface area contributed by atoms with Gasteiger partial charge in [0, 0.05) is 25.8 Å². The summed E-state index contributed by atoms with van der Waals surface area (Å²) in [7, 11) is 1.61. The highest BCUT2D eigenvalue weighted by atomic mass is 16.5. The van der Waals surface area contributed by atoms with E-state index in [1.807, 2.05) is 31.2 Å². The second kappa shape index (κ2) is 7.40. The summed E-state index contributed by atoms with van der Waals surface area (Å²) in [5, 5.41) is 0.354. The Balaban J connectivity index is 2.04. The summed E-state index contributed by atoms with van der Waals surface area (Å²) in [5.41, 5.74) is 1.63. The predicted octanol–water partition coefficient (Wildman–Crippen LogP) is 3.51. The van der Waals surface area contributed by atoms with Crippen LogP contribution in [0.1, 0.15) is 12.0 Å². The minimum absolute atomic E-state index is 0.0213. The van der Waals surface area contributed by atoms with Crippen LogP contribution in [0, 0.1) is 6.92 Å². The molecule has 0 aliphatic heterocycles. The molecular weight excluding hydrogens is 356 g/mol. The second-order valence-electron chi connectivity index (χ2n) is 6.71. The van der Waals surface area contributed by atoms with Gasteiger partial charge in [-0.3, -0.25) is 14.2 Å². The predicted molar refractivity (Wildman–Crippen MR) is 109 cm³/mol. The smallest absolute Gasteiger partial charge is 0.269 e. The fourth-order valence-electron chi connectivity index (χ4n) is 3.28. The fourth-order valence-corrected chi connectivity index (χ4v) is 3.28. The Morgan fingerprint density at radius 1 is 1.07 bits per heavy atom. The third-order valence-electron chi connectivity index (χ3n) is 4.74. The topological polar surface area (TPSA) is 74.3 Å². The van der Waals surface area contributed by atoms with Crippen LogP contribution < -0.4 is 11.0 Å². The van der Waals surface area contributed by atoms with Crippen molar-refractivity contribution in [3.63, 3.8) is 0 Å². The number of aryl methyl sites for hydroxylation is 1. The third kappa shape index (κ3) is 3.12. The van der Waals surface area contributed by atoms with E-state index < -0.39 is 5.56 Å². The average Bonchev–Trinajstić information content (AvgIpc) is 2.70. The summed E-state index contributed by atoms with van der Waals surface area (Å²) < 4.78 is 12.5. The van der Waals surface area contributed by atoms with Crippen LogP contribution in [0.3, 0.4) is 0 Å². The molecule has 0 amide bonds. The van der Waals surface area contributed by atoms with Gasteiger partial charge >= 0.3 is 0 Å². The molecule has 0 fully saturated rings. The van der Waals surface area contributed by atoms with Gasteiger partial charge in [-0.05, 0) is 25.5 Å². The molecule has 0 N–H and O–H groups in total. The molecule has 0 saturated carbocycles. The summed E-state index contributed by atoms with van der Waals surface area (Å²) in [6.07, 6.45) is 0.626. The molecule has 2 heterocycles. The monoisotopic (exact) mass is 376 g/mol. The SMILES string of the molecule is COCCCn1c(-c2ccc(C)cc2)nc2oc3ccccc3c(=O)c2c1=O. The summed E-state index contributed by atoms with van der Waals surface area (Å²) in [6, 6.07) is 14.6. The maximum atomic E-state index is 13.3. The van der Waals surface area contributed by atoms with Crippen molar-refractivity contribution >= 4 is 22.1 Å². The molecule has 0 spiro atoms. The number of para-hydroxylation sites is 1. The number of hydrogen-bond acceptors (Lipinski definition) is 5. The number of rotatable bonds is 5. The lowest BCUT2D eigenvalue weighted by molar-refractivity contribution is 0.190. The van der Waals surface area contributed by atoms with Gasteiger partial charge < -0.3 is 9.15 Å². The van der Waals surface area contributed by atoms with E-state index in [9.17, 15) is 9.59 Å². The quantitative estimate of drug-likeness (QED) is 0.394. The van der Waals surface area contributed by atoms with E-state index in [1.165, 1.54) is 4.57 Å². The molecule has 28 heavy (non-hydrogen) atoms. The first-order valence-electron chi connectivity index (χ1n) is 9.12. The molecule has 2 aromatic carbocycles. The standard InChI is InChI=1S/C22H20N2O4/c1-14-8-10-15(11-9-14)20-23-21-18(22(26)24(20)12-5-13-27-2)19(25)16-6-3-4-7-17(16)28-21/h3-4,6-11H,5,12-13H2,1-2H3.